The molecule has 0 amide bonds. The Morgan fingerprint density at radius 3 is 2.54 bits per heavy atom. The van der Waals surface area contributed by atoms with Crippen LogP contribution in [0.1, 0.15) is 33.1 Å². The van der Waals surface area contributed by atoms with Crippen molar-refractivity contribution in [1.29, 1.82) is 0 Å². The molecule has 2 rings (SSSR count). The van der Waals surface area contributed by atoms with Gasteiger partial charge in [-0.25, -0.2) is 0 Å². The van der Waals surface area contributed by atoms with Gasteiger partial charge in [0.2, 0.25) is 0 Å². The first-order valence-corrected chi connectivity index (χ1v) is 5.56. The summed E-state index contributed by atoms with van der Waals surface area (Å²) in [5.74, 6) is 0.930. The Kier molecular flexibility index (Phi) is 2.37. The summed E-state index contributed by atoms with van der Waals surface area (Å²) in [4.78, 5) is 2.62. The van der Waals surface area contributed by atoms with E-state index >= 15 is 0 Å². The van der Waals surface area contributed by atoms with E-state index in [1.54, 1.807) is 0 Å². The Labute approximate surface area is 81.5 Å². The molecule has 76 valence electrons. The highest BCUT2D eigenvalue weighted by Gasteiger charge is 2.39. The molecule has 2 N–H and O–H groups in total. The van der Waals surface area contributed by atoms with Crippen molar-refractivity contribution >= 4 is 0 Å². The molecule has 1 aliphatic heterocycles. The molecule has 2 aliphatic rings. The second-order valence-electron chi connectivity index (χ2n) is 5.53. The van der Waals surface area contributed by atoms with Crippen LogP contribution in [0.4, 0.5) is 0 Å². The summed E-state index contributed by atoms with van der Waals surface area (Å²) in [6.07, 6.45) is 4.17. The number of nitrogens with zero attached hydrogens (tertiary/aromatic N) is 1. The van der Waals surface area contributed by atoms with Gasteiger partial charge in [-0.3, -0.25) is 4.90 Å². The van der Waals surface area contributed by atoms with Gasteiger partial charge in [0.05, 0.1) is 0 Å². The number of hydrogen-bond donors (Lipinski definition) is 1. The first kappa shape index (κ1) is 9.47. The fourth-order valence-corrected chi connectivity index (χ4v) is 2.56. The van der Waals surface area contributed by atoms with E-state index in [4.69, 9.17) is 5.73 Å². The molecule has 0 aromatic carbocycles. The average Bonchev–Trinajstić information content (AvgIpc) is 2.80. The molecule has 1 saturated heterocycles. The summed E-state index contributed by atoms with van der Waals surface area (Å²) < 4.78 is 0. The molecule has 0 aromatic rings. The van der Waals surface area contributed by atoms with E-state index in [1.807, 2.05) is 0 Å². The zero-order chi connectivity index (χ0) is 9.47. The molecule has 1 atom stereocenters. The highest BCUT2D eigenvalue weighted by molar-refractivity contribution is 4.94. The van der Waals surface area contributed by atoms with Gasteiger partial charge in [0.25, 0.3) is 0 Å². The number of likely N-dealkylation sites (tertiary alicyclic amines) is 1. The predicted molar refractivity (Wildman–Crippen MR) is 55.5 cm³/mol. The third kappa shape index (κ3) is 2.05. The molecule has 2 nitrogen and oxygen atoms in total. The van der Waals surface area contributed by atoms with Crippen LogP contribution in [-0.2, 0) is 0 Å². The van der Waals surface area contributed by atoms with E-state index < -0.39 is 0 Å². The summed E-state index contributed by atoms with van der Waals surface area (Å²) in [7, 11) is 0. The van der Waals surface area contributed by atoms with Crippen molar-refractivity contribution in [2.75, 3.05) is 19.6 Å². The quantitative estimate of drug-likeness (QED) is 0.716. The summed E-state index contributed by atoms with van der Waals surface area (Å²) in [6.45, 7) is 8.12. The zero-order valence-corrected chi connectivity index (χ0v) is 8.92. The van der Waals surface area contributed by atoms with Crippen LogP contribution in [0.5, 0.6) is 0 Å². The first-order chi connectivity index (χ1) is 6.12. The van der Waals surface area contributed by atoms with Gasteiger partial charge in [-0.05, 0) is 37.1 Å². The molecule has 1 unspecified atom stereocenters. The smallest absolute Gasteiger partial charge is 0.0246 e. The van der Waals surface area contributed by atoms with Gasteiger partial charge in [0.15, 0.2) is 0 Å². The molecule has 2 heteroatoms. The minimum absolute atomic E-state index is 0.530. The third-order valence-corrected chi connectivity index (χ3v) is 3.58. The molecule has 13 heavy (non-hydrogen) atoms. The van der Waals surface area contributed by atoms with Crippen molar-refractivity contribution in [3.63, 3.8) is 0 Å². The van der Waals surface area contributed by atoms with Gasteiger partial charge >= 0.3 is 0 Å². The van der Waals surface area contributed by atoms with Gasteiger partial charge in [0.1, 0.15) is 0 Å². The maximum atomic E-state index is 5.84. The molecule has 1 heterocycles. The Hall–Kier alpha value is -0.0800. The van der Waals surface area contributed by atoms with Crippen LogP contribution in [0, 0.1) is 11.3 Å². The Morgan fingerprint density at radius 1 is 1.46 bits per heavy atom. The van der Waals surface area contributed by atoms with Crippen molar-refractivity contribution < 1.29 is 0 Å². The van der Waals surface area contributed by atoms with Crippen molar-refractivity contribution in [3.8, 4) is 0 Å². The summed E-state index contributed by atoms with van der Waals surface area (Å²) in [5.41, 5.74) is 6.37. The molecular weight excluding hydrogens is 160 g/mol. The Balaban J connectivity index is 1.93. The average molecular weight is 182 g/mol. The lowest BCUT2D eigenvalue weighted by Gasteiger charge is -2.28. The van der Waals surface area contributed by atoms with Gasteiger partial charge < -0.3 is 5.73 Å². The topological polar surface area (TPSA) is 29.3 Å². The summed E-state index contributed by atoms with van der Waals surface area (Å²) in [6, 6.07) is 0.696. The van der Waals surface area contributed by atoms with E-state index in [0.29, 0.717) is 11.5 Å². The fourth-order valence-electron chi connectivity index (χ4n) is 2.56. The number of rotatable bonds is 3. The van der Waals surface area contributed by atoms with Crippen LogP contribution >= 0.6 is 0 Å². The molecule has 2 fully saturated rings. The van der Waals surface area contributed by atoms with Crippen LogP contribution < -0.4 is 5.73 Å². The second kappa shape index (κ2) is 3.25. The van der Waals surface area contributed by atoms with Crippen LogP contribution in [0.15, 0.2) is 0 Å². The maximum absolute atomic E-state index is 5.84. The van der Waals surface area contributed by atoms with E-state index in [0.717, 1.165) is 12.5 Å². The van der Waals surface area contributed by atoms with Gasteiger partial charge in [-0.1, -0.05) is 13.8 Å². The monoisotopic (exact) mass is 182 g/mol. The van der Waals surface area contributed by atoms with Crippen molar-refractivity contribution in [2.24, 2.45) is 17.1 Å². The molecule has 1 saturated carbocycles. The summed E-state index contributed by atoms with van der Waals surface area (Å²) in [5, 5.41) is 0. The second-order valence-corrected chi connectivity index (χ2v) is 5.53. The lowest BCUT2D eigenvalue weighted by Crippen LogP contribution is -2.41. The predicted octanol–water partition coefficient (Wildman–Crippen LogP) is 1.46. The SMILES string of the molecule is CC1(C)CCN(C(CN)C2CC2)C1. The van der Waals surface area contributed by atoms with E-state index in [9.17, 15) is 0 Å². The molecule has 0 aromatic heterocycles. The van der Waals surface area contributed by atoms with Crippen LogP contribution in [0.3, 0.4) is 0 Å². The normalized spacial score (nSPS) is 30.7. The minimum atomic E-state index is 0.530. The molecular formula is C11H22N2. The van der Waals surface area contributed by atoms with Gasteiger partial charge in [-0.15, -0.1) is 0 Å². The lowest BCUT2D eigenvalue weighted by molar-refractivity contribution is 0.201. The highest BCUT2D eigenvalue weighted by Crippen LogP contribution is 2.39. The number of hydrogen-bond acceptors (Lipinski definition) is 2. The first-order valence-electron chi connectivity index (χ1n) is 5.56. The Morgan fingerprint density at radius 2 is 2.15 bits per heavy atom. The zero-order valence-electron chi connectivity index (χ0n) is 8.92. The van der Waals surface area contributed by atoms with Crippen molar-refractivity contribution in [2.45, 2.75) is 39.2 Å². The molecule has 1 aliphatic carbocycles. The molecule has 0 bridgehead atoms. The Bertz CT molecular complexity index is 185. The standard InChI is InChI=1S/C11H22N2/c1-11(2)5-6-13(8-11)10(7-12)9-3-4-9/h9-10H,3-8,12H2,1-2H3. The van der Waals surface area contributed by atoms with Crippen molar-refractivity contribution in [1.82, 2.24) is 4.90 Å². The molecule has 0 radical (unpaired) electrons. The van der Waals surface area contributed by atoms with E-state index in [1.165, 1.54) is 32.4 Å². The van der Waals surface area contributed by atoms with Gasteiger partial charge in [-0.2, -0.15) is 0 Å². The third-order valence-electron chi connectivity index (χ3n) is 3.58. The van der Waals surface area contributed by atoms with E-state index in [2.05, 4.69) is 18.7 Å². The minimum Gasteiger partial charge on any atom is -0.329 e. The summed E-state index contributed by atoms with van der Waals surface area (Å²) >= 11 is 0. The van der Waals surface area contributed by atoms with Gasteiger partial charge in [0, 0.05) is 19.1 Å². The fraction of sp³-hybridized carbons (Fsp3) is 1.00. The number of nitrogens with two attached hydrogens (primary N) is 1. The van der Waals surface area contributed by atoms with Crippen molar-refractivity contribution in [3.05, 3.63) is 0 Å². The van der Waals surface area contributed by atoms with Crippen LogP contribution in [0.2, 0.25) is 0 Å². The highest BCUT2D eigenvalue weighted by atomic mass is 15.2. The molecule has 0 spiro atoms. The van der Waals surface area contributed by atoms with Crippen LogP contribution in [0.25, 0.3) is 0 Å². The van der Waals surface area contributed by atoms with Crippen LogP contribution in [-0.4, -0.2) is 30.6 Å². The maximum Gasteiger partial charge on any atom is 0.0246 e. The largest absolute Gasteiger partial charge is 0.329 e. The lowest BCUT2D eigenvalue weighted by atomic mass is 9.93. The van der Waals surface area contributed by atoms with E-state index in [-0.39, 0.29) is 0 Å².